The van der Waals surface area contributed by atoms with Gasteiger partial charge in [-0.3, -0.25) is 0 Å². The second-order valence-electron chi connectivity index (χ2n) is 1.22. The summed E-state index contributed by atoms with van der Waals surface area (Å²) < 4.78 is 25.7. The quantitative estimate of drug-likeness (QED) is 0.421. The molecule has 41 valence electrons. The average Bonchev–Trinajstić information content (AvgIpc) is 1.84. The minimum atomic E-state index is -3.17. The molecule has 1 N–H and O–H groups in total. The maximum absolute atomic E-state index is 10.2. The SMILES string of the molecule is O=S1(=O)[N]CCN1. The molecule has 0 saturated carbocycles. The Bertz CT molecular complexity index is 137. The van der Waals surface area contributed by atoms with Gasteiger partial charge in [0.1, 0.15) is 0 Å². The van der Waals surface area contributed by atoms with Crippen LogP contribution < -0.4 is 9.44 Å². The number of nitrogens with one attached hydrogen (secondary N) is 1. The van der Waals surface area contributed by atoms with Gasteiger partial charge in [0.2, 0.25) is 0 Å². The van der Waals surface area contributed by atoms with Crippen molar-refractivity contribution in [2.45, 2.75) is 0 Å². The van der Waals surface area contributed by atoms with Gasteiger partial charge in [0, 0.05) is 13.1 Å². The van der Waals surface area contributed by atoms with Crippen molar-refractivity contribution in [1.29, 1.82) is 0 Å². The van der Waals surface area contributed by atoms with E-state index in [1.54, 1.807) is 0 Å². The van der Waals surface area contributed by atoms with Gasteiger partial charge in [-0.2, -0.15) is 13.1 Å². The highest BCUT2D eigenvalue weighted by atomic mass is 32.2. The summed E-state index contributed by atoms with van der Waals surface area (Å²) >= 11 is 0. The Hall–Kier alpha value is -0.130. The molecule has 0 bridgehead atoms. The standard InChI is InChI=1S/C2H5N2O2S/c5-7(6)3-1-2-4-7/h3H,1-2H2. The Morgan fingerprint density at radius 1 is 1.57 bits per heavy atom. The smallest absolute Gasteiger partial charge is 0.200 e. The van der Waals surface area contributed by atoms with Crippen LogP contribution >= 0.6 is 0 Å². The van der Waals surface area contributed by atoms with Gasteiger partial charge in [0.25, 0.3) is 10.2 Å². The highest BCUT2D eigenvalue weighted by Crippen LogP contribution is 1.84. The van der Waals surface area contributed by atoms with Crippen LogP contribution in [0, 0.1) is 0 Å². The number of rotatable bonds is 0. The van der Waals surface area contributed by atoms with Gasteiger partial charge in [-0.15, -0.1) is 4.72 Å². The molecule has 0 aliphatic carbocycles. The van der Waals surface area contributed by atoms with Gasteiger partial charge < -0.3 is 0 Å². The lowest BCUT2D eigenvalue weighted by molar-refractivity contribution is 0.586. The molecular weight excluding hydrogens is 116 g/mol. The van der Waals surface area contributed by atoms with Crippen LogP contribution in [0.5, 0.6) is 0 Å². The Morgan fingerprint density at radius 2 is 2.29 bits per heavy atom. The van der Waals surface area contributed by atoms with Crippen LogP contribution in [0.15, 0.2) is 0 Å². The highest BCUT2D eigenvalue weighted by molar-refractivity contribution is 7.87. The lowest BCUT2D eigenvalue weighted by atomic mass is 10.7. The number of hydrogen-bond donors (Lipinski definition) is 1. The summed E-state index contributed by atoms with van der Waals surface area (Å²) in [5, 5.41) is 0. The van der Waals surface area contributed by atoms with Crippen LogP contribution in [0.1, 0.15) is 0 Å². The molecule has 1 heterocycles. The summed E-state index contributed by atoms with van der Waals surface area (Å²) in [7, 11) is -3.17. The molecule has 0 unspecified atom stereocenters. The van der Waals surface area contributed by atoms with E-state index in [9.17, 15) is 8.42 Å². The topological polar surface area (TPSA) is 60.3 Å². The minimum Gasteiger partial charge on any atom is -0.200 e. The largest absolute Gasteiger partial charge is 0.293 e. The summed E-state index contributed by atoms with van der Waals surface area (Å²) in [5.74, 6) is 0. The van der Waals surface area contributed by atoms with Crippen molar-refractivity contribution in [3.63, 3.8) is 0 Å². The first-order chi connectivity index (χ1) is 3.21. The van der Waals surface area contributed by atoms with E-state index < -0.39 is 10.2 Å². The molecule has 4 nitrogen and oxygen atoms in total. The first kappa shape index (κ1) is 5.02. The van der Waals surface area contributed by atoms with Crippen molar-refractivity contribution in [1.82, 2.24) is 9.44 Å². The zero-order chi connectivity index (χ0) is 5.33. The van der Waals surface area contributed by atoms with Crippen molar-refractivity contribution in [3.05, 3.63) is 0 Å². The molecule has 7 heavy (non-hydrogen) atoms. The molecule has 0 spiro atoms. The van der Waals surface area contributed by atoms with Gasteiger partial charge in [0.15, 0.2) is 0 Å². The van der Waals surface area contributed by atoms with E-state index in [-0.39, 0.29) is 0 Å². The van der Waals surface area contributed by atoms with Gasteiger partial charge in [-0.05, 0) is 0 Å². The Labute approximate surface area is 42.1 Å². The van der Waals surface area contributed by atoms with Gasteiger partial charge >= 0.3 is 0 Å². The maximum atomic E-state index is 10.2. The Kier molecular flexibility index (Phi) is 1.02. The van der Waals surface area contributed by atoms with Gasteiger partial charge in [-0.1, -0.05) is 0 Å². The molecule has 0 aromatic carbocycles. The summed E-state index contributed by atoms with van der Waals surface area (Å²) in [6, 6.07) is 0. The van der Waals surface area contributed by atoms with E-state index in [4.69, 9.17) is 0 Å². The molecule has 0 atom stereocenters. The fourth-order valence-electron chi connectivity index (χ4n) is 0.386. The maximum Gasteiger partial charge on any atom is 0.293 e. The van der Waals surface area contributed by atoms with E-state index >= 15 is 0 Å². The monoisotopic (exact) mass is 121 g/mol. The molecule has 0 aromatic heterocycles. The second-order valence-corrected chi connectivity index (χ2v) is 2.72. The van der Waals surface area contributed by atoms with Crippen molar-refractivity contribution in [3.8, 4) is 0 Å². The van der Waals surface area contributed by atoms with E-state index in [2.05, 4.69) is 9.44 Å². The van der Waals surface area contributed by atoms with Crippen LogP contribution in [0.3, 0.4) is 0 Å². The lowest BCUT2D eigenvalue weighted by Crippen LogP contribution is -2.18. The van der Waals surface area contributed by atoms with Crippen LogP contribution in [-0.4, -0.2) is 21.5 Å². The van der Waals surface area contributed by atoms with Crippen LogP contribution in [0.25, 0.3) is 0 Å². The molecule has 1 aliphatic heterocycles. The first-order valence-electron chi connectivity index (χ1n) is 1.89. The van der Waals surface area contributed by atoms with Gasteiger partial charge in [0.05, 0.1) is 0 Å². The third kappa shape index (κ3) is 1.12. The van der Waals surface area contributed by atoms with Crippen molar-refractivity contribution in [2.24, 2.45) is 0 Å². The number of hydrogen-bond acceptors (Lipinski definition) is 2. The predicted octanol–water partition coefficient (Wildman–Crippen LogP) is -1.56. The molecule has 1 aliphatic rings. The van der Waals surface area contributed by atoms with Crippen LogP contribution in [0.4, 0.5) is 0 Å². The minimum absolute atomic E-state index is 0.391. The molecule has 5 heteroatoms. The Balaban J connectivity index is 2.76. The van der Waals surface area contributed by atoms with Crippen molar-refractivity contribution in [2.75, 3.05) is 13.1 Å². The second kappa shape index (κ2) is 1.43. The highest BCUT2D eigenvalue weighted by Gasteiger charge is 2.15. The molecule has 1 rings (SSSR count). The predicted molar refractivity (Wildman–Crippen MR) is 23.9 cm³/mol. The van der Waals surface area contributed by atoms with Crippen LogP contribution in [-0.2, 0) is 10.2 Å². The van der Waals surface area contributed by atoms with Crippen molar-refractivity contribution < 1.29 is 8.42 Å². The summed E-state index contributed by atoms with van der Waals surface area (Å²) in [6.07, 6.45) is 0. The third-order valence-corrected chi connectivity index (χ3v) is 1.75. The first-order valence-corrected chi connectivity index (χ1v) is 3.33. The summed E-state index contributed by atoms with van der Waals surface area (Å²) in [5.41, 5.74) is 0. The Morgan fingerprint density at radius 3 is 2.43 bits per heavy atom. The molecule has 0 aromatic rings. The molecule has 1 saturated heterocycles. The normalized spacial score (nSPS) is 28.0. The number of nitrogens with zero attached hydrogens (tertiary/aromatic N) is 1. The summed E-state index contributed by atoms with van der Waals surface area (Å²) in [6.45, 7) is 0.852. The van der Waals surface area contributed by atoms with E-state index in [1.807, 2.05) is 0 Å². The third-order valence-electron chi connectivity index (χ3n) is 0.658. The fraction of sp³-hybridized carbons (Fsp3) is 1.00. The molecule has 1 fully saturated rings. The van der Waals surface area contributed by atoms with Crippen molar-refractivity contribution >= 4 is 10.2 Å². The van der Waals surface area contributed by atoms with E-state index in [1.165, 1.54) is 0 Å². The fourth-order valence-corrected chi connectivity index (χ4v) is 1.16. The van der Waals surface area contributed by atoms with E-state index in [0.29, 0.717) is 13.1 Å². The average molecular weight is 121 g/mol. The van der Waals surface area contributed by atoms with Crippen LogP contribution in [0.2, 0.25) is 0 Å². The molecular formula is C2H5N2O2S. The summed E-state index contributed by atoms with van der Waals surface area (Å²) in [4.78, 5) is 0. The van der Waals surface area contributed by atoms with Gasteiger partial charge in [-0.25, -0.2) is 0 Å². The molecule has 1 radical (unpaired) electrons. The molecule has 0 amide bonds. The lowest BCUT2D eigenvalue weighted by Gasteiger charge is -1.83. The zero-order valence-electron chi connectivity index (χ0n) is 3.59. The van der Waals surface area contributed by atoms with E-state index in [0.717, 1.165) is 0 Å². The zero-order valence-corrected chi connectivity index (χ0v) is 4.40.